The van der Waals surface area contributed by atoms with Gasteiger partial charge in [-0.15, -0.1) is 11.6 Å². The maximum Gasteiger partial charge on any atom is 0.414 e. The Bertz CT molecular complexity index is 838. The van der Waals surface area contributed by atoms with Crippen LogP contribution in [0.4, 0.5) is 25.4 Å². The summed E-state index contributed by atoms with van der Waals surface area (Å²) in [7, 11) is 0. The van der Waals surface area contributed by atoms with Gasteiger partial charge in [-0.25, -0.2) is 14.0 Å². The van der Waals surface area contributed by atoms with E-state index in [9.17, 15) is 18.8 Å². The fourth-order valence-electron chi connectivity index (χ4n) is 3.34. The van der Waals surface area contributed by atoms with Crippen LogP contribution in [0.5, 0.6) is 0 Å². The van der Waals surface area contributed by atoms with Crippen LogP contribution in [0.3, 0.4) is 0 Å². The number of carbonyl (C=O) groups excluding carboxylic acids is 3. The zero-order chi connectivity index (χ0) is 23.1. The first-order chi connectivity index (χ1) is 15.4. The Morgan fingerprint density at radius 3 is 2.72 bits per heavy atom. The lowest BCUT2D eigenvalue weighted by atomic mass is 10.2. The highest BCUT2D eigenvalue weighted by atomic mass is 35.5. The molecule has 0 aromatic heterocycles. The molecule has 0 spiro atoms. The fraction of sp³-hybridized carbons (Fsp3) is 0.550. The number of benzene rings is 1. The topological polar surface area (TPSA) is 109 Å². The summed E-state index contributed by atoms with van der Waals surface area (Å²) in [5.41, 5.74) is 0.825. The number of nitrogens with zero attached hydrogens (tertiary/aromatic N) is 2. The first-order valence-corrected chi connectivity index (χ1v) is 10.8. The molecule has 176 valence electrons. The average Bonchev–Trinajstić information content (AvgIpc) is 3.16. The SMILES string of the molecule is CC(=O)NCC(CCl)OC(=O)NC[C@H]1CN(c2ccc(N3CCOCC3)c(F)c2)C(=O)O1. The Morgan fingerprint density at radius 1 is 1.31 bits per heavy atom. The summed E-state index contributed by atoms with van der Waals surface area (Å²) in [6, 6.07) is 4.59. The van der Waals surface area contributed by atoms with E-state index in [1.54, 1.807) is 12.1 Å². The smallest absolute Gasteiger partial charge is 0.414 e. The molecule has 1 aromatic carbocycles. The number of morpholine rings is 1. The van der Waals surface area contributed by atoms with Crippen LogP contribution in [0.25, 0.3) is 0 Å². The molecular formula is C20H26ClFN4O6. The Hall–Kier alpha value is -2.79. The lowest BCUT2D eigenvalue weighted by Gasteiger charge is -2.29. The van der Waals surface area contributed by atoms with Gasteiger partial charge in [-0.2, -0.15) is 0 Å². The van der Waals surface area contributed by atoms with E-state index in [1.807, 2.05) is 4.90 Å². The summed E-state index contributed by atoms with van der Waals surface area (Å²) in [6.07, 6.45) is -2.72. The molecule has 2 saturated heterocycles. The van der Waals surface area contributed by atoms with Crippen molar-refractivity contribution in [3.8, 4) is 0 Å². The van der Waals surface area contributed by atoms with Crippen LogP contribution in [-0.4, -0.2) is 82.1 Å². The Labute approximate surface area is 189 Å². The number of anilines is 2. The number of halogens is 2. The molecule has 2 aliphatic heterocycles. The maximum absolute atomic E-state index is 14.7. The van der Waals surface area contributed by atoms with Crippen molar-refractivity contribution < 1.29 is 33.0 Å². The highest BCUT2D eigenvalue weighted by Gasteiger charge is 2.33. The predicted octanol–water partition coefficient (Wildman–Crippen LogP) is 1.46. The molecule has 2 heterocycles. The first kappa shape index (κ1) is 23.9. The summed E-state index contributed by atoms with van der Waals surface area (Å²) < 4.78 is 30.3. The number of cyclic esters (lactones) is 1. The standard InChI is InChI=1S/C20H26ClFN4O6/c1-13(27)23-10-15(9-21)31-19(28)24-11-16-12-26(20(29)32-16)14-2-3-18(17(22)8-14)25-4-6-30-7-5-25/h2-3,8,15-16H,4-7,9-12H2,1H3,(H,23,27)(H,24,28)/t15?,16-/m0/s1. The van der Waals surface area contributed by atoms with Gasteiger partial charge in [0.05, 0.1) is 50.1 Å². The summed E-state index contributed by atoms with van der Waals surface area (Å²) in [4.78, 5) is 38.4. The average molecular weight is 473 g/mol. The van der Waals surface area contributed by atoms with Crippen molar-refractivity contribution in [1.29, 1.82) is 0 Å². The number of alkyl halides is 1. The van der Waals surface area contributed by atoms with Gasteiger partial charge in [0, 0.05) is 20.0 Å². The number of amides is 3. The molecule has 2 N–H and O–H groups in total. The van der Waals surface area contributed by atoms with E-state index in [1.165, 1.54) is 17.9 Å². The third-order valence-electron chi connectivity index (χ3n) is 4.97. The minimum absolute atomic E-state index is 0.00452. The molecule has 0 saturated carbocycles. The Balaban J connectivity index is 1.51. The van der Waals surface area contributed by atoms with Gasteiger partial charge in [-0.05, 0) is 18.2 Å². The van der Waals surface area contributed by atoms with Gasteiger partial charge < -0.3 is 29.7 Å². The van der Waals surface area contributed by atoms with E-state index >= 15 is 0 Å². The van der Waals surface area contributed by atoms with Gasteiger partial charge in [-0.1, -0.05) is 0 Å². The van der Waals surface area contributed by atoms with Crippen LogP contribution >= 0.6 is 11.6 Å². The molecular weight excluding hydrogens is 447 g/mol. The zero-order valence-corrected chi connectivity index (χ0v) is 18.4. The third kappa shape index (κ3) is 6.36. The molecule has 3 amide bonds. The van der Waals surface area contributed by atoms with E-state index in [0.29, 0.717) is 37.7 Å². The lowest BCUT2D eigenvalue weighted by molar-refractivity contribution is -0.119. The molecule has 10 nitrogen and oxygen atoms in total. The third-order valence-corrected chi connectivity index (χ3v) is 5.31. The van der Waals surface area contributed by atoms with Crippen molar-refractivity contribution in [3.63, 3.8) is 0 Å². The van der Waals surface area contributed by atoms with E-state index in [2.05, 4.69) is 10.6 Å². The maximum atomic E-state index is 14.7. The number of ether oxygens (including phenoxy) is 3. The van der Waals surface area contributed by atoms with Gasteiger partial charge in [-0.3, -0.25) is 9.69 Å². The molecule has 2 aliphatic rings. The molecule has 1 unspecified atom stereocenters. The second-order valence-corrected chi connectivity index (χ2v) is 7.66. The largest absolute Gasteiger partial charge is 0.443 e. The van der Waals surface area contributed by atoms with Crippen molar-refractivity contribution in [2.75, 3.05) is 61.6 Å². The van der Waals surface area contributed by atoms with Crippen molar-refractivity contribution >= 4 is 41.1 Å². The molecule has 32 heavy (non-hydrogen) atoms. The summed E-state index contributed by atoms with van der Waals surface area (Å²) in [5.74, 6) is -0.698. The second-order valence-electron chi connectivity index (χ2n) is 7.35. The molecule has 3 rings (SSSR count). The van der Waals surface area contributed by atoms with Gasteiger partial charge >= 0.3 is 12.2 Å². The van der Waals surface area contributed by atoms with Gasteiger partial charge in [0.15, 0.2) is 0 Å². The predicted molar refractivity (Wildman–Crippen MR) is 115 cm³/mol. The number of rotatable bonds is 8. The number of carbonyl (C=O) groups is 3. The van der Waals surface area contributed by atoms with Crippen LogP contribution in [0.2, 0.25) is 0 Å². The van der Waals surface area contributed by atoms with Crippen molar-refractivity contribution in [2.24, 2.45) is 0 Å². The highest BCUT2D eigenvalue weighted by molar-refractivity contribution is 6.18. The molecule has 1 aromatic rings. The lowest BCUT2D eigenvalue weighted by Crippen LogP contribution is -2.40. The fourth-order valence-corrected chi connectivity index (χ4v) is 3.51. The zero-order valence-electron chi connectivity index (χ0n) is 17.6. The van der Waals surface area contributed by atoms with E-state index in [0.717, 1.165) is 0 Å². The van der Waals surface area contributed by atoms with Crippen molar-refractivity contribution in [3.05, 3.63) is 24.0 Å². The van der Waals surface area contributed by atoms with Gasteiger partial charge in [0.25, 0.3) is 0 Å². The number of hydrogen-bond donors (Lipinski definition) is 2. The number of hydrogen-bond acceptors (Lipinski definition) is 7. The molecule has 2 fully saturated rings. The van der Waals surface area contributed by atoms with Crippen LogP contribution < -0.4 is 20.4 Å². The minimum atomic E-state index is -0.753. The van der Waals surface area contributed by atoms with E-state index in [4.69, 9.17) is 25.8 Å². The number of alkyl carbamates (subject to hydrolysis) is 1. The normalized spacial score (nSPS) is 19.3. The summed E-state index contributed by atoms with van der Waals surface area (Å²) in [6.45, 7) is 3.84. The molecule has 0 radical (unpaired) electrons. The van der Waals surface area contributed by atoms with Crippen LogP contribution in [0.1, 0.15) is 6.92 Å². The van der Waals surface area contributed by atoms with Crippen LogP contribution in [-0.2, 0) is 19.0 Å². The molecule has 0 aliphatic carbocycles. The number of nitrogens with one attached hydrogen (secondary N) is 2. The summed E-state index contributed by atoms with van der Waals surface area (Å²) >= 11 is 5.73. The van der Waals surface area contributed by atoms with Gasteiger partial charge in [0.1, 0.15) is 18.0 Å². The first-order valence-electron chi connectivity index (χ1n) is 10.2. The van der Waals surface area contributed by atoms with E-state index in [-0.39, 0.29) is 31.4 Å². The van der Waals surface area contributed by atoms with Crippen LogP contribution in [0, 0.1) is 5.82 Å². The second kappa shape index (κ2) is 11.2. The Morgan fingerprint density at radius 2 is 2.06 bits per heavy atom. The van der Waals surface area contributed by atoms with Crippen molar-refractivity contribution in [2.45, 2.75) is 19.1 Å². The highest BCUT2D eigenvalue weighted by Crippen LogP contribution is 2.28. The molecule has 0 bridgehead atoms. The van der Waals surface area contributed by atoms with Crippen molar-refractivity contribution in [1.82, 2.24) is 10.6 Å². The Kier molecular flexibility index (Phi) is 8.34. The molecule has 2 atom stereocenters. The van der Waals surface area contributed by atoms with E-state index < -0.39 is 30.2 Å². The minimum Gasteiger partial charge on any atom is -0.443 e. The summed E-state index contributed by atoms with van der Waals surface area (Å²) in [5, 5.41) is 5.02. The molecule has 12 heteroatoms. The van der Waals surface area contributed by atoms with Crippen LogP contribution in [0.15, 0.2) is 18.2 Å². The monoisotopic (exact) mass is 472 g/mol. The van der Waals surface area contributed by atoms with Gasteiger partial charge in [0.2, 0.25) is 5.91 Å². The quantitative estimate of drug-likeness (QED) is 0.551.